The van der Waals surface area contributed by atoms with Crippen molar-refractivity contribution in [2.24, 2.45) is 5.92 Å². The van der Waals surface area contributed by atoms with Gasteiger partial charge in [0.15, 0.2) is 5.88 Å². The Morgan fingerprint density at radius 3 is 2.58 bits per heavy atom. The largest absolute Gasteiger partial charge is 0.475 e. The highest BCUT2D eigenvalue weighted by Gasteiger charge is 2.17. The van der Waals surface area contributed by atoms with Gasteiger partial charge in [0.25, 0.3) is 0 Å². The standard InChI is InChI=1S/C22H40N2O2/c1-8-13-22(26-21(5)23(6)15-9-2)20(4)14-11-17-24(16-10-3)18-12-19-25-7/h8-9,11,14-15,20,22H,1,5,10,12-13,16-19H2,2-4,6-7H3/b14-11?,15-9+/t20?,22-/m1/s1. The number of hydrogen-bond donors (Lipinski definition) is 0. The molecule has 0 aromatic heterocycles. The molecule has 1 unspecified atom stereocenters. The molecule has 26 heavy (non-hydrogen) atoms. The maximum absolute atomic E-state index is 6.08. The van der Waals surface area contributed by atoms with Gasteiger partial charge in [0, 0.05) is 52.4 Å². The lowest BCUT2D eigenvalue weighted by Gasteiger charge is -2.27. The van der Waals surface area contributed by atoms with E-state index in [1.807, 2.05) is 37.2 Å². The molecule has 0 amide bonds. The number of methoxy groups -OCH3 is 1. The lowest BCUT2D eigenvalue weighted by molar-refractivity contribution is 0.0530. The molecule has 4 nitrogen and oxygen atoms in total. The highest BCUT2D eigenvalue weighted by atomic mass is 16.5. The SMILES string of the molecule is C=CC[C@@H](OC(=C)N(C)/C=C/C)C(C)C=CCN(CCC)CCCOC. The fourth-order valence-electron chi connectivity index (χ4n) is 2.69. The number of nitrogens with zero attached hydrogens (tertiary/aromatic N) is 2. The maximum atomic E-state index is 6.08. The van der Waals surface area contributed by atoms with Crippen LogP contribution in [0, 0.1) is 5.92 Å². The number of allylic oxidation sites excluding steroid dienone is 1. The Bertz CT molecular complexity index is 432. The molecule has 0 aliphatic rings. The van der Waals surface area contributed by atoms with Gasteiger partial charge < -0.3 is 14.4 Å². The predicted molar refractivity (Wildman–Crippen MR) is 113 cm³/mol. The van der Waals surface area contributed by atoms with Gasteiger partial charge in [-0.1, -0.05) is 38.2 Å². The van der Waals surface area contributed by atoms with Crippen molar-refractivity contribution in [3.63, 3.8) is 0 Å². The zero-order valence-corrected chi connectivity index (χ0v) is 17.6. The van der Waals surface area contributed by atoms with Crippen LogP contribution in [0.25, 0.3) is 0 Å². The minimum absolute atomic E-state index is 0.0390. The van der Waals surface area contributed by atoms with E-state index >= 15 is 0 Å². The lowest BCUT2D eigenvalue weighted by Crippen LogP contribution is -2.27. The molecule has 0 heterocycles. The Morgan fingerprint density at radius 1 is 1.27 bits per heavy atom. The van der Waals surface area contributed by atoms with Gasteiger partial charge in [-0.2, -0.15) is 0 Å². The third-order valence-corrected chi connectivity index (χ3v) is 4.20. The topological polar surface area (TPSA) is 24.9 Å². The van der Waals surface area contributed by atoms with Gasteiger partial charge in [-0.3, -0.25) is 4.90 Å². The second-order valence-electron chi connectivity index (χ2n) is 6.60. The van der Waals surface area contributed by atoms with Crippen molar-refractivity contribution in [1.82, 2.24) is 9.80 Å². The summed E-state index contributed by atoms with van der Waals surface area (Å²) in [6, 6.07) is 0. The third kappa shape index (κ3) is 11.2. The summed E-state index contributed by atoms with van der Waals surface area (Å²) in [6.07, 6.45) is 13.4. The maximum Gasteiger partial charge on any atom is 0.185 e. The van der Waals surface area contributed by atoms with Gasteiger partial charge in [0.2, 0.25) is 0 Å². The smallest absolute Gasteiger partial charge is 0.185 e. The molecule has 4 heteroatoms. The number of ether oxygens (including phenoxy) is 2. The average molecular weight is 365 g/mol. The molecule has 0 radical (unpaired) electrons. The molecule has 0 fully saturated rings. The van der Waals surface area contributed by atoms with Crippen molar-refractivity contribution >= 4 is 0 Å². The molecule has 0 aromatic rings. The average Bonchev–Trinajstić information content (AvgIpc) is 2.61. The zero-order chi connectivity index (χ0) is 19.8. The minimum Gasteiger partial charge on any atom is -0.475 e. The second-order valence-corrected chi connectivity index (χ2v) is 6.60. The van der Waals surface area contributed by atoms with Crippen LogP contribution in [0.2, 0.25) is 0 Å². The Balaban J connectivity index is 4.65. The van der Waals surface area contributed by atoms with E-state index in [9.17, 15) is 0 Å². The van der Waals surface area contributed by atoms with Crippen molar-refractivity contribution in [1.29, 1.82) is 0 Å². The van der Waals surface area contributed by atoms with Crippen LogP contribution in [-0.4, -0.2) is 56.3 Å². The summed E-state index contributed by atoms with van der Waals surface area (Å²) in [5.74, 6) is 0.939. The van der Waals surface area contributed by atoms with Crippen molar-refractivity contribution in [3.8, 4) is 0 Å². The number of hydrogen-bond acceptors (Lipinski definition) is 4. The second kappa shape index (κ2) is 15.7. The van der Waals surface area contributed by atoms with Crippen molar-refractivity contribution < 1.29 is 9.47 Å². The van der Waals surface area contributed by atoms with E-state index in [4.69, 9.17) is 9.47 Å². The number of rotatable bonds is 16. The van der Waals surface area contributed by atoms with Crippen LogP contribution in [0.5, 0.6) is 0 Å². The predicted octanol–water partition coefficient (Wildman–Crippen LogP) is 4.83. The van der Waals surface area contributed by atoms with Crippen molar-refractivity contribution in [2.45, 2.75) is 46.1 Å². The van der Waals surface area contributed by atoms with E-state index in [2.05, 4.69) is 44.1 Å². The van der Waals surface area contributed by atoms with E-state index in [0.29, 0.717) is 5.88 Å². The first-order valence-corrected chi connectivity index (χ1v) is 9.70. The van der Waals surface area contributed by atoms with Gasteiger partial charge in [0.05, 0.1) is 0 Å². The molecule has 0 aliphatic heterocycles. The first-order chi connectivity index (χ1) is 12.5. The summed E-state index contributed by atoms with van der Waals surface area (Å²) in [7, 11) is 3.70. The molecule has 0 aliphatic carbocycles. The van der Waals surface area contributed by atoms with E-state index in [1.165, 1.54) is 0 Å². The van der Waals surface area contributed by atoms with Gasteiger partial charge in [-0.25, -0.2) is 0 Å². The Labute approximate surface area is 161 Å². The van der Waals surface area contributed by atoms with Crippen LogP contribution in [0.1, 0.15) is 40.0 Å². The molecule has 0 saturated carbocycles. The van der Waals surface area contributed by atoms with E-state index in [0.717, 1.165) is 45.5 Å². The van der Waals surface area contributed by atoms with Crippen LogP contribution < -0.4 is 0 Å². The molecule has 2 atom stereocenters. The Morgan fingerprint density at radius 2 is 2.00 bits per heavy atom. The molecular weight excluding hydrogens is 324 g/mol. The monoisotopic (exact) mass is 364 g/mol. The summed E-state index contributed by atoms with van der Waals surface area (Å²) >= 11 is 0. The summed E-state index contributed by atoms with van der Waals surface area (Å²) < 4.78 is 11.2. The van der Waals surface area contributed by atoms with Crippen LogP contribution in [0.4, 0.5) is 0 Å². The summed E-state index contributed by atoms with van der Waals surface area (Å²) in [6.45, 7) is 18.2. The van der Waals surface area contributed by atoms with E-state index in [-0.39, 0.29) is 12.0 Å². The molecule has 0 bridgehead atoms. The molecule has 0 spiro atoms. The minimum atomic E-state index is 0.0390. The van der Waals surface area contributed by atoms with Crippen molar-refractivity contribution in [2.75, 3.05) is 40.4 Å². The van der Waals surface area contributed by atoms with Crippen LogP contribution in [0.15, 0.2) is 49.5 Å². The molecule has 0 rings (SSSR count). The van der Waals surface area contributed by atoms with E-state index in [1.54, 1.807) is 7.11 Å². The fraction of sp³-hybridized carbons (Fsp3) is 0.636. The Hall–Kier alpha value is -1.52. The summed E-state index contributed by atoms with van der Waals surface area (Å²) in [5, 5.41) is 0. The lowest BCUT2D eigenvalue weighted by atomic mass is 10.0. The third-order valence-electron chi connectivity index (χ3n) is 4.20. The highest BCUT2D eigenvalue weighted by molar-refractivity contribution is 4.97. The van der Waals surface area contributed by atoms with Crippen LogP contribution in [-0.2, 0) is 9.47 Å². The molecule has 150 valence electrons. The molecule has 0 N–H and O–H groups in total. The van der Waals surface area contributed by atoms with E-state index < -0.39 is 0 Å². The van der Waals surface area contributed by atoms with Gasteiger partial charge in [-0.15, -0.1) is 6.58 Å². The summed E-state index contributed by atoms with van der Waals surface area (Å²) in [5.41, 5.74) is 0. The van der Waals surface area contributed by atoms with Crippen molar-refractivity contribution in [3.05, 3.63) is 49.5 Å². The van der Waals surface area contributed by atoms with Gasteiger partial charge in [0.1, 0.15) is 6.10 Å². The molecule has 0 saturated heterocycles. The molecule has 0 aromatic carbocycles. The molecular formula is C22H40N2O2. The first-order valence-electron chi connectivity index (χ1n) is 9.70. The fourth-order valence-corrected chi connectivity index (χ4v) is 2.69. The zero-order valence-electron chi connectivity index (χ0n) is 17.6. The van der Waals surface area contributed by atoms with Crippen LogP contribution >= 0.6 is 0 Å². The Kier molecular flexibility index (Phi) is 14.8. The quantitative estimate of drug-likeness (QED) is 0.223. The first kappa shape index (κ1) is 24.5. The van der Waals surface area contributed by atoms with Crippen LogP contribution in [0.3, 0.4) is 0 Å². The normalized spacial score (nSPS) is 14.1. The summed E-state index contributed by atoms with van der Waals surface area (Å²) in [4.78, 5) is 4.36. The van der Waals surface area contributed by atoms with Gasteiger partial charge >= 0.3 is 0 Å². The highest BCUT2D eigenvalue weighted by Crippen LogP contribution is 2.18. The van der Waals surface area contributed by atoms with Gasteiger partial charge in [-0.05, 0) is 32.9 Å².